The first-order chi connectivity index (χ1) is 12.2. The molecule has 0 aliphatic carbocycles. The smallest absolute Gasteiger partial charge is 0.159 e. The van der Waals surface area contributed by atoms with Crippen molar-refractivity contribution in [1.29, 1.82) is 0 Å². The van der Waals surface area contributed by atoms with Crippen LogP contribution >= 0.6 is 0 Å². The summed E-state index contributed by atoms with van der Waals surface area (Å²) in [5.74, 6) is 0.0954. The number of para-hydroxylation sites is 1. The lowest BCUT2D eigenvalue weighted by Gasteiger charge is -2.05. The molecular formula is C23H19NO. The zero-order valence-electron chi connectivity index (χ0n) is 14.1. The summed E-state index contributed by atoms with van der Waals surface area (Å²) in [6, 6.07) is 26.8. The molecule has 2 nitrogen and oxygen atoms in total. The Morgan fingerprint density at radius 1 is 0.840 bits per heavy atom. The van der Waals surface area contributed by atoms with Gasteiger partial charge in [-0.05, 0) is 24.1 Å². The fourth-order valence-corrected chi connectivity index (χ4v) is 3.27. The molecule has 0 amide bonds. The quantitative estimate of drug-likeness (QED) is 0.450. The second kappa shape index (κ2) is 6.40. The van der Waals surface area contributed by atoms with Gasteiger partial charge in [-0.15, -0.1) is 0 Å². The van der Waals surface area contributed by atoms with Gasteiger partial charge in [0, 0.05) is 34.8 Å². The summed E-state index contributed by atoms with van der Waals surface area (Å²) in [4.78, 5) is 11.5. The van der Waals surface area contributed by atoms with Crippen LogP contribution in [-0.4, -0.2) is 10.4 Å². The van der Waals surface area contributed by atoms with Gasteiger partial charge in [-0.1, -0.05) is 72.8 Å². The van der Waals surface area contributed by atoms with Crippen LogP contribution in [0.4, 0.5) is 0 Å². The van der Waals surface area contributed by atoms with E-state index in [0.717, 1.165) is 17.7 Å². The van der Waals surface area contributed by atoms with Gasteiger partial charge in [-0.3, -0.25) is 4.79 Å². The number of aromatic nitrogens is 1. The number of carbonyl (C=O) groups is 1. The number of ketones is 1. The Labute approximate surface area is 147 Å². The number of hydrogen-bond acceptors (Lipinski definition) is 1. The van der Waals surface area contributed by atoms with Gasteiger partial charge < -0.3 is 4.57 Å². The lowest BCUT2D eigenvalue weighted by Crippen LogP contribution is -1.97. The Morgan fingerprint density at radius 2 is 1.52 bits per heavy atom. The largest absolute Gasteiger partial charge is 0.342 e. The summed E-state index contributed by atoms with van der Waals surface area (Å²) in [7, 11) is 0. The van der Waals surface area contributed by atoms with E-state index in [4.69, 9.17) is 0 Å². The van der Waals surface area contributed by atoms with Crippen molar-refractivity contribution >= 4 is 16.7 Å². The van der Waals surface area contributed by atoms with Crippen molar-refractivity contribution in [2.24, 2.45) is 0 Å². The summed E-state index contributed by atoms with van der Waals surface area (Å²) in [6.07, 6.45) is 2.21. The van der Waals surface area contributed by atoms with E-state index in [0.29, 0.717) is 0 Å². The van der Waals surface area contributed by atoms with Gasteiger partial charge >= 0.3 is 0 Å². The molecule has 0 bridgehead atoms. The van der Waals surface area contributed by atoms with Gasteiger partial charge in [-0.25, -0.2) is 0 Å². The summed E-state index contributed by atoms with van der Waals surface area (Å²) in [5, 5.41) is 1.23. The summed E-state index contributed by atoms with van der Waals surface area (Å²) < 4.78 is 2.29. The van der Waals surface area contributed by atoms with Gasteiger partial charge in [0.2, 0.25) is 0 Å². The molecule has 1 aromatic heterocycles. The molecule has 122 valence electrons. The first-order valence-electron chi connectivity index (χ1n) is 8.45. The number of fused-ring (bicyclic) bond motifs is 1. The van der Waals surface area contributed by atoms with Gasteiger partial charge in [-0.2, -0.15) is 0 Å². The minimum absolute atomic E-state index is 0.0954. The van der Waals surface area contributed by atoms with Crippen LogP contribution in [-0.2, 0) is 6.54 Å². The standard InChI is InChI=1S/C23H19NO/c1-17(25)19-11-13-20(14-12-19)22-16-24(15-18-7-3-2-4-8-18)23-10-6-5-9-21(22)23/h2-14,16H,15H2,1H3. The molecule has 0 saturated carbocycles. The molecule has 0 N–H and O–H groups in total. The molecule has 0 aliphatic heterocycles. The average Bonchev–Trinajstić information content (AvgIpc) is 3.01. The summed E-state index contributed by atoms with van der Waals surface area (Å²) in [5.41, 5.74) is 5.57. The van der Waals surface area contributed by atoms with E-state index in [-0.39, 0.29) is 5.78 Å². The Bertz CT molecular complexity index is 1030. The number of benzene rings is 3. The van der Waals surface area contributed by atoms with Crippen molar-refractivity contribution in [3.63, 3.8) is 0 Å². The van der Waals surface area contributed by atoms with E-state index in [1.165, 1.54) is 22.0 Å². The van der Waals surface area contributed by atoms with Crippen LogP contribution in [0.1, 0.15) is 22.8 Å². The first-order valence-corrected chi connectivity index (χ1v) is 8.45. The fourth-order valence-electron chi connectivity index (χ4n) is 3.27. The third kappa shape index (κ3) is 2.99. The van der Waals surface area contributed by atoms with E-state index >= 15 is 0 Å². The van der Waals surface area contributed by atoms with Crippen molar-refractivity contribution in [2.75, 3.05) is 0 Å². The molecule has 0 fully saturated rings. The Hall–Kier alpha value is -3.13. The van der Waals surface area contributed by atoms with E-state index in [1.807, 2.05) is 30.3 Å². The minimum Gasteiger partial charge on any atom is -0.342 e. The molecule has 0 atom stereocenters. The second-order valence-electron chi connectivity index (χ2n) is 6.31. The van der Waals surface area contributed by atoms with Crippen LogP contribution in [0.5, 0.6) is 0 Å². The van der Waals surface area contributed by atoms with Crippen LogP contribution in [0.2, 0.25) is 0 Å². The molecule has 0 spiro atoms. The van der Waals surface area contributed by atoms with Crippen molar-refractivity contribution in [3.8, 4) is 11.1 Å². The number of nitrogens with zero attached hydrogens (tertiary/aromatic N) is 1. The van der Waals surface area contributed by atoms with E-state index in [9.17, 15) is 4.79 Å². The monoisotopic (exact) mass is 325 g/mol. The fraction of sp³-hybridized carbons (Fsp3) is 0.0870. The maximum Gasteiger partial charge on any atom is 0.159 e. The second-order valence-corrected chi connectivity index (χ2v) is 6.31. The zero-order valence-corrected chi connectivity index (χ0v) is 14.1. The number of rotatable bonds is 4. The molecule has 0 saturated heterocycles. The SMILES string of the molecule is CC(=O)c1ccc(-c2cn(Cc3ccccc3)c3ccccc23)cc1. The highest BCUT2D eigenvalue weighted by Crippen LogP contribution is 2.31. The molecule has 4 rings (SSSR count). The highest BCUT2D eigenvalue weighted by molar-refractivity contribution is 5.98. The van der Waals surface area contributed by atoms with E-state index in [2.05, 4.69) is 59.3 Å². The molecule has 4 aromatic rings. The third-order valence-electron chi connectivity index (χ3n) is 4.59. The predicted molar refractivity (Wildman–Crippen MR) is 103 cm³/mol. The van der Waals surface area contributed by atoms with Gasteiger partial charge in [0.1, 0.15) is 0 Å². The topological polar surface area (TPSA) is 22.0 Å². The minimum atomic E-state index is 0.0954. The molecule has 0 aliphatic rings. The highest BCUT2D eigenvalue weighted by Gasteiger charge is 2.10. The summed E-state index contributed by atoms with van der Waals surface area (Å²) in [6.45, 7) is 2.44. The lowest BCUT2D eigenvalue weighted by molar-refractivity contribution is 0.101. The summed E-state index contributed by atoms with van der Waals surface area (Å²) >= 11 is 0. The van der Waals surface area contributed by atoms with E-state index < -0.39 is 0 Å². The maximum atomic E-state index is 11.5. The van der Waals surface area contributed by atoms with Crippen LogP contribution in [0.15, 0.2) is 85.1 Å². The molecule has 2 heteroatoms. The molecule has 0 unspecified atom stereocenters. The number of Topliss-reactive ketones (excluding diaryl/α,β-unsaturated/α-hetero) is 1. The van der Waals surface area contributed by atoms with Crippen molar-refractivity contribution in [1.82, 2.24) is 4.57 Å². The van der Waals surface area contributed by atoms with Crippen LogP contribution < -0.4 is 0 Å². The zero-order chi connectivity index (χ0) is 17.2. The Kier molecular flexibility index (Phi) is 3.95. The highest BCUT2D eigenvalue weighted by atomic mass is 16.1. The third-order valence-corrected chi connectivity index (χ3v) is 4.59. The van der Waals surface area contributed by atoms with Gasteiger partial charge in [0.25, 0.3) is 0 Å². The Balaban J connectivity index is 1.80. The predicted octanol–water partition coefficient (Wildman–Crippen LogP) is 5.56. The van der Waals surface area contributed by atoms with Crippen LogP contribution in [0.3, 0.4) is 0 Å². The lowest BCUT2D eigenvalue weighted by atomic mass is 10.0. The number of hydrogen-bond donors (Lipinski definition) is 0. The molecular weight excluding hydrogens is 306 g/mol. The van der Waals surface area contributed by atoms with Gasteiger partial charge in [0.05, 0.1) is 0 Å². The van der Waals surface area contributed by atoms with Gasteiger partial charge in [0.15, 0.2) is 5.78 Å². The van der Waals surface area contributed by atoms with Crippen molar-refractivity contribution in [3.05, 3.63) is 96.2 Å². The molecule has 0 radical (unpaired) electrons. The van der Waals surface area contributed by atoms with E-state index in [1.54, 1.807) is 6.92 Å². The van der Waals surface area contributed by atoms with Crippen LogP contribution in [0, 0.1) is 0 Å². The average molecular weight is 325 g/mol. The number of carbonyl (C=O) groups excluding carboxylic acids is 1. The normalized spacial score (nSPS) is 10.9. The molecule has 1 heterocycles. The molecule has 25 heavy (non-hydrogen) atoms. The molecule has 3 aromatic carbocycles. The van der Waals surface area contributed by atoms with Crippen molar-refractivity contribution < 1.29 is 4.79 Å². The van der Waals surface area contributed by atoms with Crippen molar-refractivity contribution in [2.45, 2.75) is 13.5 Å². The first kappa shape index (κ1) is 15.4. The van der Waals surface area contributed by atoms with Crippen LogP contribution in [0.25, 0.3) is 22.0 Å². The Morgan fingerprint density at radius 3 is 2.24 bits per heavy atom. The maximum absolute atomic E-state index is 11.5.